The Morgan fingerprint density at radius 1 is 1.50 bits per heavy atom. The van der Waals surface area contributed by atoms with E-state index >= 15 is 0 Å². The Morgan fingerprint density at radius 3 is 3.15 bits per heavy atom. The second-order valence-electron chi connectivity index (χ2n) is 4.85. The Balaban J connectivity index is 2.09. The van der Waals surface area contributed by atoms with Crippen LogP contribution in [0.25, 0.3) is 0 Å². The molecule has 2 heterocycles. The molecule has 0 atom stereocenters. The lowest BCUT2D eigenvalue weighted by Crippen LogP contribution is -2.18. The van der Waals surface area contributed by atoms with E-state index in [1.807, 2.05) is 25.1 Å². The van der Waals surface area contributed by atoms with Gasteiger partial charge in [-0.25, -0.2) is 0 Å². The van der Waals surface area contributed by atoms with Crippen molar-refractivity contribution in [3.8, 4) is 0 Å². The molecule has 20 heavy (non-hydrogen) atoms. The van der Waals surface area contributed by atoms with Crippen molar-refractivity contribution in [3.05, 3.63) is 46.2 Å². The summed E-state index contributed by atoms with van der Waals surface area (Å²) in [5, 5.41) is 7.89. The first-order valence-corrected chi connectivity index (χ1v) is 7.22. The fourth-order valence-electron chi connectivity index (χ4n) is 2.68. The number of aromatic nitrogens is 2. The highest BCUT2D eigenvalue weighted by Crippen LogP contribution is 2.28. The van der Waals surface area contributed by atoms with Crippen molar-refractivity contribution in [2.45, 2.75) is 26.3 Å². The molecule has 1 aromatic heterocycles. The number of carbonyl (C=O) groups excluding carboxylic acids is 1. The molecular weight excluding hydrogens is 274 g/mol. The largest absolute Gasteiger partial charge is 0.385 e. The van der Waals surface area contributed by atoms with E-state index in [9.17, 15) is 4.79 Å². The third-order valence-electron chi connectivity index (χ3n) is 3.65. The Labute approximate surface area is 122 Å². The smallest absolute Gasteiger partial charge is 0.212 e. The number of ketones is 1. The van der Waals surface area contributed by atoms with Gasteiger partial charge in [0.05, 0.1) is 11.2 Å². The molecule has 0 spiro atoms. The number of benzene rings is 1. The van der Waals surface area contributed by atoms with Crippen molar-refractivity contribution in [2.75, 3.05) is 11.9 Å². The number of anilines is 1. The summed E-state index contributed by atoms with van der Waals surface area (Å²) in [6, 6.07) is 5.80. The van der Waals surface area contributed by atoms with Gasteiger partial charge in [-0.05, 0) is 31.4 Å². The molecule has 104 valence electrons. The van der Waals surface area contributed by atoms with Crippen molar-refractivity contribution in [1.29, 1.82) is 0 Å². The number of nitrogens with one attached hydrogen (secondary N) is 1. The van der Waals surface area contributed by atoms with Crippen LogP contribution in [0.15, 0.2) is 24.4 Å². The summed E-state index contributed by atoms with van der Waals surface area (Å²) in [7, 11) is 0. The number of hydrogen-bond donors (Lipinski definition) is 1. The minimum atomic E-state index is -0.0464. The Bertz CT molecular complexity index is 663. The van der Waals surface area contributed by atoms with Crippen LogP contribution in [0.2, 0.25) is 5.02 Å². The van der Waals surface area contributed by atoms with E-state index in [1.54, 1.807) is 4.68 Å². The average molecular weight is 290 g/mol. The van der Waals surface area contributed by atoms with Gasteiger partial charge in [0, 0.05) is 24.3 Å². The van der Waals surface area contributed by atoms with Crippen LogP contribution in [0, 0.1) is 0 Å². The molecule has 1 aliphatic heterocycles. The minimum Gasteiger partial charge on any atom is -0.385 e. The number of nitrogens with zero attached hydrogens (tertiary/aromatic N) is 2. The first-order chi connectivity index (χ1) is 9.72. The molecule has 0 saturated carbocycles. The maximum Gasteiger partial charge on any atom is 0.212 e. The summed E-state index contributed by atoms with van der Waals surface area (Å²) in [4.78, 5) is 12.8. The monoisotopic (exact) mass is 289 g/mol. The van der Waals surface area contributed by atoms with Gasteiger partial charge in [0.2, 0.25) is 5.78 Å². The molecule has 1 aliphatic rings. The van der Waals surface area contributed by atoms with Gasteiger partial charge in [-0.15, -0.1) is 0 Å². The number of aryl methyl sites for hydroxylation is 1. The quantitative estimate of drug-likeness (QED) is 0.883. The molecule has 5 heteroatoms. The zero-order valence-corrected chi connectivity index (χ0v) is 12.1. The zero-order chi connectivity index (χ0) is 14.1. The molecule has 1 N–H and O–H groups in total. The fraction of sp³-hybridized carbons (Fsp3) is 0.333. The van der Waals surface area contributed by atoms with E-state index < -0.39 is 0 Å². The molecule has 4 nitrogen and oxygen atoms in total. The highest BCUT2D eigenvalue weighted by molar-refractivity contribution is 6.34. The third-order valence-corrected chi connectivity index (χ3v) is 3.93. The van der Waals surface area contributed by atoms with E-state index in [1.165, 1.54) is 6.20 Å². The molecule has 0 saturated heterocycles. The van der Waals surface area contributed by atoms with Gasteiger partial charge < -0.3 is 5.32 Å². The summed E-state index contributed by atoms with van der Waals surface area (Å²) in [5.41, 5.74) is 3.35. The molecule has 0 aliphatic carbocycles. The summed E-state index contributed by atoms with van der Waals surface area (Å²) in [5.74, 6) is -0.0464. The number of fused-ring (bicyclic) bond motifs is 1. The summed E-state index contributed by atoms with van der Waals surface area (Å²) >= 11 is 6.13. The van der Waals surface area contributed by atoms with E-state index in [-0.39, 0.29) is 5.78 Å². The SMILES string of the molecule is CCn1ncc(Cl)c1C(=O)c1cccc2c1CCCN2. The van der Waals surface area contributed by atoms with Crippen LogP contribution < -0.4 is 5.32 Å². The molecular formula is C15H16ClN3O. The van der Waals surface area contributed by atoms with E-state index in [0.29, 0.717) is 17.3 Å². The predicted octanol–water partition coefficient (Wildman–Crippen LogP) is 3.15. The predicted molar refractivity (Wildman–Crippen MR) is 79.6 cm³/mol. The Morgan fingerprint density at radius 2 is 2.35 bits per heavy atom. The lowest BCUT2D eigenvalue weighted by Gasteiger charge is -2.20. The standard InChI is InChI=1S/C15H16ClN3O/c1-2-19-14(12(16)9-18-19)15(20)11-5-3-7-13-10(11)6-4-8-17-13/h3,5,7,9,17H,2,4,6,8H2,1H3. The van der Waals surface area contributed by atoms with Gasteiger partial charge in [-0.1, -0.05) is 23.7 Å². The lowest BCUT2D eigenvalue weighted by atomic mass is 9.94. The topological polar surface area (TPSA) is 46.9 Å². The molecule has 0 bridgehead atoms. The van der Waals surface area contributed by atoms with Crippen LogP contribution in [0.5, 0.6) is 0 Å². The zero-order valence-electron chi connectivity index (χ0n) is 11.3. The summed E-state index contributed by atoms with van der Waals surface area (Å²) in [6.07, 6.45) is 3.49. The third kappa shape index (κ3) is 2.10. The van der Waals surface area contributed by atoms with Crippen LogP contribution in [0.4, 0.5) is 5.69 Å². The highest BCUT2D eigenvalue weighted by Gasteiger charge is 2.23. The number of hydrogen-bond acceptors (Lipinski definition) is 3. The van der Waals surface area contributed by atoms with Gasteiger partial charge in [-0.3, -0.25) is 9.48 Å². The van der Waals surface area contributed by atoms with Gasteiger partial charge in [0.15, 0.2) is 0 Å². The van der Waals surface area contributed by atoms with Crippen LogP contribution in [-0.4, -0.2) is 22.1 Å². The number of carbonyl (C=O) groups is 1. The van der Waals surface area contributed by atoms with E-state index in [2.05, 4.69) is 10.4 Å². The van der Waals surface area contributed by atoms with Crippen LogP contribution in [0.1, 0.15) is 35.0 Å². The molecule has 0 amide bonds. The normalized spacial score (nSPS) is 13.7. The van der Waals surface area contributed by atoms with Crippen molar-refractivity contribution in [1.82, 2.24) is 9.78 Å². The van der Waals surface area contributed by atoms with Gasteiger partial charge in [-0.2, -0.15) is 5.10 Å². The van der Waals surface area contributed by atoms with Crippen molar-refractivity contribution in [3.63, 3.8) is 0 Å². The molecule has 0 fully saturated rings. The molecule has 0 radical (unpaired) electrons. The van der Waals surface area contributed by atoms with Gasteiger partial charge in [0.1, 0.15) is 5.69 Å². The van der Waals surface area contributed by atoms with Crippen LogP contribution in [-0.2, 0) is 13.0 Å². The summed E-state index contributed by atoms with van der Waals surface area (Å²) < 4.78 is 1.65. The number of halogens is 1. The second kappa shape index (κ2) is 5.29. The maximum atomic E-state index is 12.8. The second-order valence-corrected chi connectivity index (χ2v) is 5.26. The molecule has 3 rings (SSSR count). The average Bonchev–Trinajstić information content (AvgIpc) is 2.87. The van der Waals surface area contributed by atoms with Crippen molar-refractivity contribution >= 4 is 23.1 Å². The maximum absolute atomic E-state index is 12.8. The fourth-order valence-corrected chi connectivity index (χ4v) is 2.91. The van der Waals surface area contributed by atoms with Crippen molar-refractivity contribution in [2.24, 2.45) is 0 Å². The number of rotatable bonds is 3. The van der Waals surface area contributed by atoms with E-state index in [4.69, 9.17) is 11.6 Å². The summed E-state index contributed by atoms with van der Waals surface area (Å²) in [6.45, 7) is 3.53. The Kier molecular flexibility index (Phi) is 3.49. The van der Waals surface area contributed by atoms with E-state index in [0.717, 1.165) is 36.2 Å². The molecule has 0 unspecified atom stereocenters. The molecule has 2 aromatic rings. The van der Waals surface area contributed by atoms with Gasteiger partial charge in [0.25, 0.3) is 0 Å². The first-order valence-electron chi connectivity index (χ1n) is 6.84. The van der Waals surface area contributed by atoms with Crippen LogP contribution in [0.3, 0.4) is 0 Å². The Hall–Kier alpha value is -1.81. The van der Waals surface area contributed by atoms with Crippen LogP contribution >= 0.6 is 11.6 Å². The van der Waals surface area contributed by atoms with Crippen molar-refractivity contribution < 1.29 is 4.79 Å². The van der Waals surface area contributed by atoms with Gasteiger partial charge >= 0.3 is 0 Å². The highest BCUT2D eigenvalue weighted by atomic mass is 35.5. The first kappa shape index (κ1) is 13.2. The lowest BCUT2D eigenvalue weighted by molar-refractivity contribution is 0.102. The minimum absolute atomic E-state index is 0.0464. The molecule has 1 aromatic carbocycles.